The Kier molecular flexibility index (Phi) is 7.35. The van der Waals surface area contributed by atoms with Gasteiger partial charge in [0, 0.05) is 37.2 Å². The number of aliphatic hydroxyl groups is 1. The molecule has 1 aliphatic carbocycles. The molecule has 1 aliphatic rings. The van der Waals surface area contributed by atoms with E-state index in [0.717, 1.165) is 17.7 Å². The summed E-state index contributed by atoms with van der Waals surface area (Å²) in [5.41, 5.74) is 2.02. The van der Waals surface area contributed by atoms with Gasteiger partial charge < -0.3 is 21.1 Å². The fourth-order valence-electron chi connectivity index (χ4n) is 3.35. The van der Waals surface area contributed by atoms with Crippen molar-refractivity contribution < 1.29 is 19.5 Å². The second-order valence-electron chi connectivity index (χ2n) is 6.96. The lowest BCUT2D eigenvalue weighted by atomic mass is 9.83. The van der Waals surface area contributed by atoms with Crippen LogP contribution in [-0.4, -0.2) is 58.3 Å². The zero-order valence-electron chi connectivity index (χ0n) is 16.1. The number of carbonyl (C=O) groups is 3. The van der Waals surface area contributed by atoms with E-state index in [1.165, 1.54) is 6.92 Å². The number of rotatable bonds is 7. The number of hydrogen-bond donors (Lipinski definition) is 5. The van der Waals surface area contributed by atoms with Crippen molar-refractivity contribution in [3.63, 3.8) is 0 Å². The molecule has 3 atom stereocenters. The average Bonchev–Trinajstić information content (AvgIpc) is 3.00. The molecule has 1 aromatic rings. The first-order valence-corrected chi connectivity index (χ1v) is 9.38. The number of hydrogen-bond acceptors (Lipinski definition) is 5. The lowest BCUT2D eigenvalue weighted by Crippen LogP contribution is -2.50. The summed E-state index contributed by atoms with van der Waals surface area (Å²) in [6.07, 6.45) is 1.42. The van der Waals surface area contributed by atoms with E-state index in [0.29, 0.717) is 38.0 Å². The molecule has 27 heavy (non-hydrogen) atoms. The third kappa shape index (κ3) is 5.53. The molecule has 2 rings (SSSR count). The minimum atomic E-state index is -0.692. The van der Waals surface area contributed by atoms with E-state index in [2.05, 4.69) is 26.1 Å². The zero-order valence-corrected chi connectivity index (χ0v) is 16.1. The molecule has 0 saturated heterocycles. The summed E-state index contributed by atoms with van der Waals surface area (Å²) in [6, 6.07) is -0.501. The fraction of sp³-hybridized carbons (Fsp3) is 0.667. The van der Waals surface area contributed by atoms with Crippen molar-refractivity contribution in [2.45, 2.75) is 58.6 Å². The quantitative estimate of drug-likeness (QED) is 0.418. The number of aromatic nitrogens is 2. The van der Waals surface area contributed by atoms with E-state index >= 15 is 0 Å². The number of amides is 3. The molecule has 0 aliphatic heterocycles. The lowest BCUT2D eigenvalue weighted by Gasteiger charge is -2.33. The SMILES string of the molecule is CCc1[nH]nc(C(=O)N[C@@H]2C[C@@H](C(=O)NCCNC(C)=O)CC[C@H]2O)c1C. The Hall–Kier alpha value is -2.42. The van der Waals surface area contributed by atoms with Gasteiger partial charge in [0.1, 0.15) is 0 Å². The smallest absolute Gasteiger partial charge is 0.272 e. The van der Waals surface area contributed by atoms with Gasteiger partial charge in [0.25, 0.3) is 5.91 Å². The van der Waals surface area contributed by atoms with Crippen molar-refractivity contribution in [3.05, 3.63) is 17.0 Å². The number of nitrogens with one attached hydrogen (secondary N) is 4. The van der Waals surface area contributed by atoms with Gasteiger partial charge in [-0.1, -0.05) is 6.92 Å². The second-order valence-corrected chi connectivity index (χ2v) is 6.96. The van der Waals surface area contributed by atoms with Crippen LogP contribution in [0.2, 0.25) is 0 Å². The number of H-pyrrole nitrogens is 1. The Morgan fingerprint density at radius 1 is 1.22 bits per heavy atom. The third-order valence-electron chi connectivity index (χ3n) is 4.98. The number of aryl methyl sites for hydroxylation is 1. The Morgan fingerprint density at radius 2 is 1.93 bits per heavy atom. The maximum atomic E-state index is 12.5. The molecule has 0 unspecified atom stereocenters. The van der Waals surface area contributed by atoms with Crippen LogP contribution in [-0.2, 0) is 16.0 Å². The third-order valence-corrected chi connectivity index (χ3v) is 4.98. The molecule has 0 aromatic carbocycles. The number of aliphatic hydroxyl groups excluding tert-OH is 1. The number of carbonyl (C=O) groups excluding carboxylic acids is 3. The second kappa shape index (κ2) is 9.50. The molecule has 150 valence electrons. The molecule has 0 bridgehead atoms. The first kappa shape index (κ1) is 20.9. The molecular formula is C18H29N5O4. The highest BCUT2D eigenvalue weighted by Crippen LogP contribution is 2.25. The van der Waals surface area contributed by atoms with Crippen LogP contribution in [0, 0.1) is 12.8 Å². The normalized spacial score (nSPS) is 22.1. The molecule has 1 fully saturated rings. The van der Waals surface area contributed by atoms with E-state index in [9.17, 15) is 19.5 Å². The first-order valence-electron chi connectivity index (χ1n) is 9.38. The largest absolute Gasteiger partial charge is 0.391 e. The van der Waals surface area contributed by atoms with E-state index in [1.807, 2.05) is 13.8 Å². The standard InChI is InChI=1S/C18H29N5O4/c1-4-13-10(2)16(23-22-13)18(27)21-14-9-12(5-6-15(14)25)17(26)20-8-7-19-11(3)24/h12,14-15,25H,4-9H2,1-3H3,(H,19,24)(H,20,26)(H,21,27)(H,22,23)/t12-,14+,15+/m0/s1. The monoisotopic (exact) mass is 379 g/mol. The highest BCUT2D eigenvalue weighted by atomic mass is 16.3. The van der Waals surface area contributed by atoms with E-state index < -0.39 is 12.1 Å². The number of aromatic amines is 1. The van der Waals surface area contributed by atoms with Crippen molar-refractivity contribution in [3.8, 4) is 0 Å². The molecule has 1 saturated carbocycles. The first-order chi connectivity index (χ1) is 12.8. The highest BCUT2D eigenvalue weighted by molar-refractivity contribution is 5.94. The lowest BCUT2D eigenvalue weighted by molar-refractivity contribution is -0.127. The molecule has 9 heteroatoms. The molecule has 0 radical (unpaired) electrons. The van der Waals surface area contributed by atoms with Crippen molar-refractivity contribution >= 4 is 17.7 Å². The topological polar surface area (TPSA) is 136 Å². The van der Waals surface area contributed by atoms with Gasteiger partial charge in [-0.2, -0.15) is 5.10 Å². The van der Waals surface area contributed by atoms with Crippen LogP contribution in [0.1, 0.15) is 54.9 Å². The van der Waals surface area contributed by atoms with Crippen LogP contribution in [0.3, 0.4) is 0 Å². The molecular weight excluding hydrogens is 350 g/mol. The van der Waals surface area contributed by atoms with Crippen molar-refractivity contribution in [1.82, 2.24) is 26.1 Å². The summed E-state index contributed by atoms with van der Waals surface area (Å²) >= 11 is 0. The van der Waals surface area contributed by atoms with Gasteiger partial charge >= 0.3 is 0 Å². The van der Waals surface area contributed by atoms with E-state index in [-0.39, 0.29) is 23.6 Å². The van der Waals surface area contributed by atoms with Crippen LogP contribution < -0.4 is 16.0 Å². The Bertz CT molecular complexity index is 687. The van der Waals surface area contributed by atoms with E-state index in [4.69, 9.17) is 0 Å². The van der Waals surface area contributed by atoms with Crippen molar-refractivity contribution in [2.24, 2.45) is 5.92 Å². The highest BCUT2D eigenvalue weighted by Gasteiger charge is 2.34. The summed E-state index contributed by atoms with van der Waals surface area (Å²) in [7, 11) is 0. The van der Waals surface area contributed by atoms with Gasteiger partial charge in [0.2, 0.25) is 11.8 Å². The van der Waals surface area contributed by atoms with Crippen molar-refractivity contribution in [1.29, 1.82) is 0 Å². The van der Waals surface area contributed by atoms with Gasteiger partial charge in [-0.15, -0.1) is 0 Å². The van der Waals surface area contributed by atoms with Gasteiger partial charge in [-0.05, 0) is 32.6 Å². The maximum Gasteiger partial charge on any atom is 0.272 e. The van der Waals surface area contributed by atoms with Crippen LogP contribution in [0.4, 0.5) is 0 Å². The maximum absolute atomic E-state index is 12.5. The predicted octanol–water partition coefficient (Wildman–Crippen LogP) is -0.208. The molecule has 1 heterocycles. The van der Waals surface area contributed by atoms with Crippen LogP contribution in [0.5, 0.6) is 0 Å². The Balaban J connectivity index is 1.90. The van der Waals surface area contributed by atoms with Gasteiger partial charge in [0.15, 0.2) is 5.69 Å². The average molecular weight is 379 g/mol. The molecule has 9 nitrogen and oxygen atoms in total. The van der Waals surface area contributed by atoms with Crippen LogP contribution in [0.15, 0.2) is 0 Å². The van der Waals surface area contributed by atoms with E-state index in [1.54, 1.807) is 0 Å². The van der Waals surface area contributed by atoms with Crippen LogP contribution in [0.25, 0.3) is 0 Å². The Labute approximate surface area is 158 Å². The minimum absolute atomic E-state index is 0.129. The summed E-state index contributed by atoms with van der Waals surface area (Å²) in [4.78, 5) is 35.7. The van der Waals surface area contributed by atoms with Crippen LogP contribution >= 0.6 is 0 Å². The molecule has 5 N–H and O–H groups in total. The molecule has 3 amide bonds. The molecule has 0 spiro atoms. The zero-order chi connectivity index (χ0) is 20.0. The number of nitrogens with zero attached hydrogens (tertiary/aromatic N) is 1. The van der Waals surface area contributed by atoms with Gasteiger partial charge in [-0.3, -0.25) is 19.5 Å². The van der Waals surface area contributed by atoms with Gasteiger partial charge in [0.05, 0.1) is 12.1 Å². The summed E-state index contributed by atoms with van der Waals surface area (Å²) in [6.45, 7) is 5.94. The van der Waals surface area contributed by atoms with Gasteiger partial charge in [-0.25, -0.2) is 0 Å². The Morgan fingerprint density at radius 3 is 2.56 bits per heavy atom. The molecule has 1 aromatic heterocycles. The van der Waals surface area contributed by atoms with Crippen molar-refractivity contribution in [2.75, 3.05) is 13.1 Å². The predicted molar refractivity (Wildman–Crippen MR) is 99.0 cm³/mol. The summed E-state index contributed by atoms with van der Waals surface area (Å²) < 4.78 is 0. The summed E-state index contributed by atoms with van der Waals surface area (Å²) in [5.74, 6) is -0.912. The fourth-order valence-corrected chi connectivity index (χ4v) is 3.35. The minimum Gasteiger partial charge on any atom is -0.391 e. The summed E-state index contributed by atoms with van der Waals surface area (Å²) in [5, 5.41) is 25.4.